The van der Waals surface area contributed by atoms with E-state index in [4.69, 9.17) is 4.42 Å². The maximum atomic E-state index is 12.5. The van der Waals surface area contributed by atoms with Crippen molar-refractivity contribution in [3.8, 4) is 0 Å². The molecule has 0 fully saturated rings. The van der Waals surface area contributed by atoms with E-state index in [1.807, 2.05) is 25.1 Å². The molecule has 0 bridgehead atoms. The largest absolute Gasteiger partial charge is 0.450 e. The van der Waals surface area contributed by atoms with Crippen molar-refractivity contribution in [3.05, 3.63) is 65.1 Å². The fourth-order valence-electron chi connectivity index (χ4n) is 3.25. The van der Waals surface area contributed by atoms with Crippen LogP contribution in [-0.4, -0.2) is 35.9 Å². The van der Waals surface area contributed by atoms with E-state index in [9.17, 15) is 4.79 Å². The average Bonchev–Trinajstić information content (AvgIpc) is 2.88. The Balaban J connectivity index is 1.45. The zero-order valence-electron chi connectivity index (χ0n) is 16.0. The Labute approximate surface area is 164 Å². The van der Waals surface area contributed by atoms with Crippen LogP contribution in [0.25, 0.3) is 17.0 Å². The summed E-state index contributed by atoms with van der Waals surface area (Å²) < 4.78 is 5.83. The quantitative estimate of drug-likeness (QED) is 0.687. The number of fused-ring (bicyclic) bond motifs is 2. The van der Waals surface area contributed by atoms with Gasteiger partial charge >= 0.3 is 0 Å². The van der Waals surface area contributed by atoms with Crippen LogP contribution in [0.1, 0.15) is 22.5 Å². The van der Waals surface area contributed by atoms with Gasteiger partial charge in [-0.2, -0.15) is 0 Å². The second-order valence-electron chi connectivity index (χ2n) is 6.90. The maximum Gasteiger partial charge on any atom is 0.246 e. The van der Waals surface area contributed by atoms with Crippen molar-refractivity contribution in [3.63, 3.8) is 0 Å². The number of furan rings is 1. The number of nitrogens with zero attached hydrogens (tertiary/aromatic N) is 2. The summed E-state index contributed by atoms with van der Waals surface area (Å²) in [4.78, 5) is 18.6. The standard InChI is InChI=1S/C22H22N4O2/c1-15-18-5-3-4-6-19(18)28-20(15)14-26(2)21(27)8-7-16-11-17-13-23-9-10-24-22(17)25-12-16/h3,5,7-8,11-12,23H,9-10,13-14H2,1-2H3,(H,24,25)/b8-7+. The normalized spacial score (nSPS) is 13.6. The summed E-state index contributed by atoms with van der Waals surface area (Å²) >= 11 is 0. The molecular formula is C22H22N4O2. The summed E-state index contributed by atoms with van der Waals surface area (Å²) in [6.45, 7) is 4.92. The topological polar surface area (TPSA) is 70.4 Å². The molecule has 142 valence electrons. The van der Waals surface area contributed by atoms with Crippen LogP contribution in [0, 0.1) is 19.1 Å². The number of aryl methyl sites for hydroxylation is 1. The molecule has 0 radical (unpaired) electrons. The maximum absolute atomic E-state index is 12.5. The number of carbonyl (C=O) groups is 1. The summed E-state index contributed by atoms with van der Waals surface area (Å²) in [6.07, 6.45) is 5.14. The molecule has 1 aromatic carbocycles. The summed E-state index contributed by atoms with van der Waals surface area (Å²) in [5.41, 5.74) is 3.70. The minimum absolute atomic E-state index is 0.0957. The van der Waals surface area contributed by atoms with Crippen molar-refractivity contribution in [1.29, 1.82) is 0 Å². The van der Waals surface area contributed by atoms with Gasteiger partial charge in [-0.1, -0.05) is 6.07 Å². The van der Waals surface area contributed by atoms with Gasteiger partial charge in [0.1, 0.15) is 11.6 Å². The predicted octanol–water partition coefficient (Wildman–Crippen LogP) is 2.92. The number of rotatable bonds is 4. The number of nitrogens with one attached hydrogen (secondary N) is 2. The lowest BCUT2D eigenvalue weighted by atomic mass is 10.1. The molecule has 0 aliphatic carbocycles. The van der Waals surface area contributed by atoms with E-state index in [1.165, 1.54) is 0 Å². The Morgan fingerprint density at radius 3 is 3.18 bits per heavy atom. The first kappa shape index (κ1) is 18.1. The van der Waals surface area contributed by atoms with Gasteiger partial charge in [-0.15, -0.1) is 0 Å². The van der Waals surface area contributed by atoms with E-state index < -0.39 is 0 Å². The third-order valence-electron chi connectivity index (χ3n) is 4.88. The van der Waals surface area contributed by atoms with Crippen molar-refractivity contribution in [2.24, 2.45) is 0 Å². The van der Waals surface area contributed by atoms with E-state index >= 15 is 0 Å². The van der Waals surface area contributed by atoms with Gasteiger partial charge < -0.3 is 20.0 Å². The molecule has 6 heteroatoms. The smallest absolute Gasteiger partial charge is 0.246 e. The summed E-state index contributed by atoms with van der Waals surface area (Å²) in [7, 11) is 1.76. The molecule has 28 heavy (non-hydrogen) atoms. The van der Waals surface area contributed by atoms with E-state index in [0.717, 1.165) is 53.3 Å². The van der Waals surface area contributed by atoms with Crippen LogP contribution in [0.2, 0.25) is 0 Å². The number of hydrogen-bond acceptors (Lipinski definition) is 5. The molecule has 4 rings (SSSR count). The Bertz CT molecular complexity index is 1040. The molecule has 2 N–H and O–H groups in total. The average molecular weight is 374 g/mol. The first-order valence-corrected chi connectivity index (χ1v) is 9.29. The van der Waals surface area contributed by atoms with Crippen molar-refractivity contribution >= 4 is 28.8 Å². The molecule has 3 aromatic rings. The minimum Gasteiger partial charge on any atom is -0.450 e. The van der Waals surface area contributed by atoms with Crippen molar-refractivity contribution in [2.75, 3.05) is 25.5 Å². The lowest BCUT2D eigenvalue weighted by Gasteiger charge is -2.14. The monoisotopic (exact) mass is 374 g/mol. The highest BCUT2D eigenvalue weighted by atomic mass is 16.3. The summed E-state index contributed by atoms with van der Waals surface area (Å²) in [6, 6.07) is 11.7. The molecular weight excluding hydrogens is 352 g/mol. The Morgan fingerprint density at radius 2 is 2.32 bits per heavy atom. The Morgan fingerprint density at radius 1 is 1.43 bits per heavy atom. The molecule has 6 nitrogen and oxygen atoms in total. The predicted molar refractivity (Wildman–Crippen MR) is 109 cm³/mol. The summed E-state index contributed by atoms with van der Waals surface area (Å²) in [5.74, 6) is 1.57. The van der Waals surface area contributed by atoms with Gasteiger partial charge in [-0.25, -0.2) is 4.98 Å². The van der Waals surface area contributed by atoms with E-state index in [2.05, 4.69) is 27.8 Å². The van der Waals surface area contributed by atoms with Gasteiger partial charge in [0.2, 0.25) is 5.91 Å². The number of carbonyl (C=O) groups excluding carboxylic acids is 1. The zero-order chi connectivity index (χ0) is 19.5. The van der Waals surface area contributed by atoms with Gasteiger partial charge in [0.15, 0.2) is 5.58 Å². The zero-order valence-corrected chi connectivity index (χ0v) is 16.0. The van der Waals surface area contributed by atoms with Crippen LogP contribution in [0.15, 0.2) is 34.9 Å². The van der Waals surface area contributed by atoms with Crippen LogP contribution in [0.3, 0.4) is 0 Å². The Kier molecular flexibility index (Phi) is 5.00. The fourth-order valence-corrected chi connectivity index (χ4v) is 3.25. The highest BCUT2D eigenvalue weighted by Gasteiger charge is 2.14. The lowest BCUT2D eigenvalue weighted by molar-refractivity contribution is -0.125. The molecule has 0 spiro atoms. The lowest BCUT2D eigenvalue weighted by Crippen LogP contribution is -2.24. The molecule has 3 heterocycles. The number of amides is 1. The van der Waals surface area contributed by atoms with Crippen molar-refractivity contribution < 1.29 is 9.21 Å². The highest BCUT2D eigenvalue weighted by Crippen LogP contribution is 2.24. The van der Waals surface area contributed by atoms with Crippen molar-refractivity contribution in [2.45, 2.75) is 20.0 Å². The van der Waals surface area contributed by atoms with E-state index in [-0.39, 0.29) is 5.91 Å². The third-order valence-corrected chi connectivity index (χ3v) is 4.88. The van der Waals surface area contributed by atoms with Crippen LogP contribution >= 0.6 is 0 Å². The summed E-state index contributed by atoms with van der Waals surface area (Å²) in [5, 5.41) is 7.63. The van der Waals surface area contributed by atoms with Crippen LogP contribution in [-0.2, 0) is 17.9 Å². The number of anilines is 1. The van der Waals surface area contributed by atoms with Crippen LogP contribution in [0.5, 0.6) is 0 Å². The highest BCUT2D eigenvalue weighted by molar-refractivity contribution is 5.91. The third kappa shape index (κ3) is 3.71. The molecule has 0 unspecified atom stereocenters. The van der Waals surface area contributed by atoms with Gasteiger partial charge in [0, 0.05) is 55.5 Å². The first-order chi connectivity index (χ1) is 13.6. The van der Waals surface area contributed by atoms with Gasteiger partial charge in [-0.3, -0.25) is 4.79 Å². The second-order valence-corrected chi connectivity index (χ2v) is 6.90. The molecule has 1 amide bonds. The van der Waals surface area contributed by atoms with Crippen molar-refractivity contribution in [1.82, 2.24) is 15.2 Å². The fraction of sp³-hybridized carbons (Fsp3) is 0.273. The molecule has 0 saturated heterocycles. The van der Waals surface area contributed by atoms with Crippen LogP contribution < -0.4 is 10.6 Å². The SMILES string of the molecule is Cc1c(CN(C)C(=O)/C=C/c2cnc3c(c2)CNCCN3)oc2c#cccc12. The number of hydrogen-bond donors (Lipinski definition) is 2. The Hall–Kier alpha value is -3.30. The molecule has 1 aliphatic rings. The second kappa shape index (κ2) is 7.75. The van der Waals surface area contributed by atoms with Gasteiger partial charge in [0.05, 0.1) is 6.54 Å². The van der Waals surface area contributed by atoms with E-state index in [1.54, 1.807) is 30.3 Å². The van der Waals surface area contributed by atoms with Gasteiger partial charge in [0.25, 0.3) is 0 Å². The number of likely N-dealkylation sites (N-methyl/N-ethyl adjacent to an activating group) is 1. The molecule has 1 aliphatic heterocycles. The molecule has 0 saturated carbocycles. The number of aromatic nitrogens is 1. The first-order valence-electron chi connectivity index (χ1n) is 9.29. The van der Waals surface area contributed by atoms with E-state index in [0.29, 0.717) is 12.1 Å². The minimum atomic E-state index is -0.0957. The molecule has 2 aromatic heterocycles. The number of pyridine rings is 1. The van der Waals surface area contributed by atoms with Gasteiger partial charge in [-0.05, 0) is 42.8 Å². The van der Waals surface area contributed by atoms with Crippen LogP contribution in [0.4, 0.5) is 5.82 Å². The molecule has 0 atom stereocenters.